The van der Waals surface area contributed by atoms with Gasteiger partial charge in [-0.15, -0.1) is 0 Å². The molecular formula is C20H20N4O4S. The van der Waals surface area contributed by atoms with Crippen molar-refractivity contribution < 1.29 is 14.3 Å². The molecule has 3 amide bonds. The highest BCUT2D eigenvalue weighted by Gasteiger charge is 2.17. The summed E-state index contributed by atoms with van der Waals surface area (Å²) in [6, 6.07) is 13.5. The molecule has 0 radical (unpaired) electrons. The minimum absolute atomic E-state index is 0.0862. The third kappa shape index (κ3) is 4.57. The van der Waals surface area contributed by atoms with Crippen molar-refractivity contribution in [3.8, 4) is 11.4 Å². The highest BCUT2D eigenvalue weighted by Crippen LogP contribution is 2.26. The molecule has 3 rings (SSSR count). The minimum Gasteiger partial charge on any atom is -0.495 e. The van der Waals surface area contributed by atoms with Crippen molar-refractivity contribution in [1.29, 1.82) is 0 Å². The first-order chi connectivity index (χ1) is 14.0. The zero-order valence-electron chi connectivity index (χ0n) is 16.0. The lowest BCUT2D eigenvalue weighted by molar-refractivity contribution is -0.117. The molecule has 9 heteroatoms. The fraction of sp³-hybridized carbons (Fsp3) is 0.200. The van der Waals surface area contributed by atoms with Crippen LogP contribution in [-0.2, 0) is 4.79 Å². The van der Waals surface area contributed by atoms with Gasteiger partial charge in [0, 0.05) is 6.54 Å². The number of urea groups is 1. The third-order valence-corrected chi connectivity index (χ3v) is 4.93. The maximum atomic E-state index is 13.2. The number of nitrogens with zero attached hydrogens (tertiary/aromatic N) is 2. The molecule has 150 valence electrons. The van der Waals surface area contributed by atoms with Crippen LogP contribution < -0.4 is 20.9 Å². The highest BCUT2D eigenvalue weighted by molar-refractivity contribution is 7.99. The smallest absolute Gasteiger partial charge is 0.321 e. The Morgan fingerprint density at radius 3 is 2.62 bits per heavy atom. The Balaban J connectivity index is 2.02. The van der Waals surface area contributed by atoms with Crippen molar-refractivity contribution in [2.45, 2.75) is 12.1 Å². The van der Waals surface area contributed by atoms with Gasteiger partial charge in [0.15, 0.2) is 5.16 Å². The van der Waals surface area contributed by atoms with E-state index < -0.39 is 11.9 Å². The number of amides is 3. The fourth-order valence-corrected chi connectivity index (χ4v) is 3.54. The molecule has 29 heavy (non-hydrogen) atoms. The second-order valence-electron chi connectivity index (χ2n) is 5.92. The van der Waals surface area contributed by atoms with Crippen LogP contribution in [0.15, 0.2) is 58.5 Å². The van der Waals surface area contributed by atoms with Gasteiger partial charge in [0.25, 0.3) is 5.56 Å². The zero-order valence-corrected chi connectivity index (χ0v) is 16.8. The average molecular weight is 412 g/mol. The van der Waals surface area contributed by atoms with Gasteiger partial charge in [-0.1, -0.05) is 36.0 Å². The molecule has 0 unspecified atom stereocenters. The molecule has 0 fully saturated rings. The van der Waals surface area contributed by atoms with E-state index in [1.807, 2.05) is 0 Å². The molecule has 0 aliphatic heterocycles. The second kappa shape index (κ2) is 9.24. The lowest BCUT2D eigenvalue weighted by atomic mass is 10.2. The first-order valence-electron chi connectivity index (χ1n) is 8.90. The summed E-state index contributed by atoms with van der Waals surface area (Å²) in [5.74, 6) is -0.0768. The van der Waals surface area contributed by atoms with Gasteiger partial charge in [0.1, 0.15) is 5.75 Å². The quantitative estimate of drug-likeness (QED) is 0.476. The number of benzene rings is 2. The molecule has 3 aromatic rings. The Morgan fingerprint density at radius 2 is 1.86 bits per heavy atom. The van der Waals surface area contributed by atoms with Crippen LogP contribution in [0.3, 0.4) is 0 Å². The molecule has 0 bridgehead atoms. The monoisotopic (exact) mass is 412 g/mol. The summed E-state index contributed by atoms with van der Waals surface area (Å²) in [5, 5.41) is 5.50. The number of ether oxygens (including phenoxy) is 1. The largest absolute Gasteiger partial charge is 0.495 e. The van der Waals surface area contributed by atoms with Crippen LogP contribution in [0.1, 0.15) is 6.92 Å². The van der Waals surface area contributed by atoms with Crippen molar-refractivity contribution in [3.05, 3.63) is 58.9 Å². The maximum Gasteiger partial charge on any atom is 0.321 e. The molecule has 2 aromatic carbocycles. The number of aromatic nitrogens is 2. The number of carbonyl (C=O) groups excluding carboxylic acids is 2. The average Bonchev–Trinajstić information content (AvgIpc) is 2.72. The van der Waals surface area contributed by atoms with Crippen molar-refractivity contribution in [3.63, 3.8) is 0 Å². The number of hydrogen-bond donors (Lipinski definition) is 2. The normalized spacial score (nSPS) is 10.6. The Morgan fingerprint density at radius 1 is 1.14 bits per heavy atom. The molecule has 8 nitrogen and oxygen atoms in total. The SMILES string of the molecule is CCNC(=O)NC(=O)CSc1nc2ccccc2c(=O)n1-c1ccccc1OC. The van der Waals surface area contributed by atoms with E-state index >= 15 is 0 Å². The first kappa shape index (κ1) is 20.4. The van der Waals surface area contributed by atoms with E-state index in [4.69, 9.17) is 4.74 Å². The number of para-hydroxylation sites is 3. The van der Waals surface area contributed by atoms with Gasteiger partial charge in [-0.3, -0.25) is 19.5 Å². The Kier molecular flexibility index (Phi) is 6.50. The lowest BCUT2D eigenvalue weighted by Gasteiger charge is -2.15. The predicted molar refractivity (Wildman–Crippen MR) is 112 cm³/mol. The van der Waals surface area contributed by atoms with Crippen molar-refractivity contribution in [2.24, 2.45) is 0 Å². The van der Waals surface area contributed by atoms with Crippen LogP contribution in [-0.4, -0.2) is 40.9 Å². The summed E-state index contributed by atoms with van der Waals surface area (Å²) in [5.41, 5.74) is 0.770. The molecule has 0 saturated heterocycles. The number of methoxy groups -OCH3 is 1. The van der Waals surface area contributed by atoms with Gasteiger partial charge in [0.2, 0.25) is 5.91 Å². The van der Waals surface area contributed by atoms with E-state index in [9.17, 15) is 14.4 Å². The van der Waals surface area contributed by atoms with E-state index in [0.29, 0.717) is 34.0 Å². The number of rotatable bonds is 6. The fourth-order valence-electron chi connectivity index (χ4n) is 2.73. The van der Waals surface area contributed by atoms with Crippen LogP contribution in [0.5, 0.6) is 5.75 Å². The van der Waals surface area contributed by atoms with Crippen molar-refractivity contribution >= 4 is 34.6 Å². The van der Waals surface area contributed by atoms with Crippen LogP contribution in [0.2, 0.25) is 0 Å². The lowest BCUT2D eigenvalue weighted by Crippen LogP contribution is -2.40. The van der Waals surface area contributed by atoms with Crippen LogP contribution >= 0.6 is 11.8 Å². The van der Waals surface area contributed by atoms with E-state index in [-0.39, 0.29) is 11.3 Å². The third-order valence-electron chi connectivity index (χ3n) is 3.99. The van der Waals surface area contributed by atoms with Crippen LogP contribution in [0, 0.1) is 0 Å². The molecular weight excluding hydrogens is 392 g/mol. The standard InChI is InChI=1S/C20H20N4O4S/c1-3-21-19(27)23-17(25)12-29-20-22-14-9-5-4-8-13(14)18(26)24(20)15-10-6-7-11-16(15)28-2/h4-11H,3,12H2,1-2H3,(H2,21,23,25,27). The van der Waals surface area contributed by atoms with Gasteiger partial charge in [-0.2, -0.15) is 0 Å². The summed E-state index contributed by atoms with van der Waals surface area (Å²) >= 11 is 1.06. The van der Waals surface area contributed by atoms with Crippen LogP contribution in [0.4, 0.5) is 4.79 Å². The number of hydrogen-bond acceptors (Lipinski definition) is 6. The molecule has 0 aliphatic carbocycles. The molecule has 0 spiro atoms. The summed E-state index contributed by atoms with van der Waals surface area (Å²) in [6.07, 6.45) is 0. The maximum absolute atomic E-state index is 13.2. The van der Waals surface area contributed by atoms with Gasteiger partial charge in [0.05, 0.1) is 29.5 Å². The molecule has 0 saturated carbocycles. The highest BCUT2D eigenvalue weighted by atomic mass is 32.2. The Bertz CT molecular complexity index is 1110. The number of thioether (sulfide) groups is 1. The van der Waals surface area contributed by atoms with Crippen molar-refractivity contribution in [2.75, 3.05) is 19.4 Å². The second-order valence-corrected chi connectivity index (χ2v) is 6.86. The van der Waals surface area contributed by atoms with E-state index in [1.54, 1.807) is 55.5 Å². The van der Waals surface area contributed by atoms with E-state index in [1.165, 1.54) is 11.7 Å². The molecule has 1 heterocycles. The summed E-state index contributed by atoms with van der Waals surface area (Å²) in [4.78, 5) is 41.4. The van der Waals surface area contributed by atoms with Crippen molar-refractivity contribution in [1.82, 2.24) is 20.2 Å². The molecule has 0 aliphatic rings. The number of nitrogens with one attached hydrogen (secondary N) is 2. The molecule has 1 aromatic heterocycles. The van der Waals surface area contributed by atoms with E-state index in [2.05, 4.69) is 15.6 Å². The number of carbonyl (C=O) groups is 2. The van der Waals surface area contributed by atoms with Crippen LogP contribution in [0.25, 0.3) is 16.6 Å². The van der Waals surface area contributed by atoms with E-state index in [0.717, 1.165) is 11.8 Å². The summed E-state index contributed by atoms with van der Waals surface area (Å²) < 4.78 is 6.82. The zero-order chi connectivity index (χ0) is 20.8. The predicted octanol–water partition coefficient (Wildman–Crippen LogP) is 2.33. The minimum atomic E-state index is -0.563. The van der Waals surface area contributed by atoms with Gasteiger partial charge in [-0.05, 0) is 31.2 Å². The Hall–Kier alpha value is -3.33. The number of imide groups is 1. The molecule has 2 N–H and O–H groups in total. The van der Waals surface area contributed by atoms with Gasteiger partial charge < -0.3 is 10.1 Å². The topological polar surface area (TPSA) is 102 Å². The molecule has 0 atom stereocenters. The summed E-state index contributed by atoms with van der Waals surface area (Å²) in [6.45, 7) is 2.16. The van der Waals surface area contributed by atoms with Gasteiger partial charge in [-0.25, -0.2) is 9.78 Å². The number of fused-ring (bicyclic) bond motifs is 1. The first-order valence-corrected chi connectivity index (χ1v) is 9.89. The summed E-state index contributed by atoms with van der Waals surface area (Å²) in [7, 11) is 1.52. The Labute approximate surface area is 171 Å². The van der Waals surface area contributed by atoms with Gasteiger partial charge >= 0.3 is 6.03 Å².